The fourth-order valence-corrected chi connectivity index (χ4v) is 1.62. The number of carbonyl (C=O) groups is 1. The molecule has 0 saturated heterocycles. The molecule has 1 aliphatic rings. The van der Waals surface area contributed by atoms with E-state index in [2.05, 4.69) is 0 Å². The highest BCUT2D eigenvalue weighted by Gasteiger charge is 2.21. The Morgan fingerprint density at radius 1 is 1.43 bits per heavy atom. The van der Waals surface area contributed by atoms with Crippen molar-refractivity contribution in [1.29, 1.82) is 0 Å². The van der Waals surface area contributed by atoms with E-state index in [-0.39, 0.29) is 5.91 Å². The van der Waals surface area contributed by atoms with Gasteiger partial charge in [-0.15, -0.1) is 0 Å². The van der Waals surface area contributed by atoms with Crippen LogP contribution < -0.4 is 4.74 Å². The van der Waals surface area contributed by atoms with Gasteiger partial charge in [0.05, 0.1) is 12.1 Å². The van der Waals surface area contributed by atoms with Gasteiger partial charge in [0.2, 0.25) is 0 Å². The number of hydrogen-bond donors (Lipinski definition) is 0. The first kappa shape index (κ1) is 9.06. The van der Waals surface area contributed by atoms with E-state index in [0.29, 0.717) is 24.5 Å². The zero-order valence-corrected chi connectivity index (χ0v) is 8.41. The van der Waals surface area contributed by atoms with Gasteiger partial charge in [-0.25, -0.2) is 0 Å². The summed E-state index contributed by atoms with van der Waals surface area (Å²) >= 11 is 0. The van der Waals surface area contributed by atoms with Crippen LogP contribution in [0.4, 0.5) is 0 Å². The number of likely N-dealkylation sites (N-methyl/N-ethyl adjacent to an activating group) is 1. The topological polar surface area (TPSA) is 29.5 Å². The summed E-state index contributed by atoms with van der Waals surface area (Å²) in [6.45, 7) is 3.14. The van der Waals surface area contributed by atoms with Gasteiger partial charge in [-0.3, -0.25) is 4.79 Å². The average Bonchev–Trinajstić information content (AvgIpc) is 2.29. The SMILES string of the molecule is Cc1cccc2c1C(=O)N(C)CCO2. The molecule has 74 valence electrons. The van der Waals surface area contributed by atoms with Crippen molar-refractivity contribution < 1.29 is 9.53 Å². The fourth-order valence-electron chi connectivity index (χ4n) is 1.62. The third-order valence-electron chi connectivity index (χ3n) is 2.48. The first-order valence-electron chi connectivity index (χ1n) is 4.68. The Bertz CT molecular complexity index is 374. The van der Waals surface area contributed by atoms with Crippen LogP contribution in [0, 0.1) is 6.92 Å². The van der Waals surface area contributed by atoms with Crippen LogP contribution in [-0.2, 0) is 0 Å². The molecule has 0 aromatic heterocycles. The van der Waals surface area contributed by atoms with Crippen LogP contribution in [0.3, 0.4) is 0 Å². The first-order chi connectivity index (χ1) is 6.70. The molecule has 1 aromatic rings. The molecule has 0 spiro atoms. The molecule has 1 amide bonds. The Morgan fingerprint density at radius 3 is 3.00 bits per heavy atom. The Balaban J connectivity index is 2.55. The zero-order valence-electron chi connectivity index (χ0n) is 8.41. The Kier molecular flexibility index (Phi) is 2.15. The molecular formula is C11H13NO2. The minimum absolute atomic E-state index is 0.0515. The van der Waals surface area contributed by atoms with Gasteiger partial charge < -0.3 is 9.64 Å². The number of nitrogens with zero attached hydrogens (tertiary/aromatic N) is 1. The number of rotatable bonds is 0. The molecule has 0 radical (unpaired) electrons. The van der Waals surface area contributed by atoms with Gasteiger partial charge in [-0.05, 0) is 18.6 Å². The Morgan fingerprint density at radius 2 is 2.21 bits per heavy atom. The maximum absolute atomic E-state index is 11.9. The van der Waals surface area contributed by atoms with Crippen molar-refractivity contribution in [2.75, 3.05) is 20.2 Å². The molecule has 1 heterocycles. The Labute approximate surface area is 83.3 Å². The number of carbonyl (C=O) groups excluding carboxylic acids is 1. The largest absolute Gasteiger partial charge is 0.491 e. The normalized spacial score (nSPS) is 15.9. The van der Waals surface area contributed by atoms with E-state index in [1.54, 1.807) is 11.9 Å². The second kappa shape index (κ2) is 3.33. The van der Waals surface area contributed by atoms with Gasteiger partial charge >= 0.3 is 0 Å². The molecule has 14 heavy (non-hydrogen) atoms. The zero-order chi connectivity index (χ0) is 10.1. The van der Waals surface area contributed by atoms with Gasteiger partial charge in [0, 0.05) is 7.05 Å². The first-order valence-corrected chi connectivity index (χ1v) is 4.68. The van der Waals surface area contributed by atoms with Crippen molar-refractivity contribution in [3.05, 3.63) is 29.3 Å². The summed E-state index contributed by atoms with van der Waals surface area (Å²) in [5.74, 6) is 0.759. The smallest absolute Gasteiger partial charge is 0.257 e. The van der Waals surface area contributed by atoms with Crippen molar-refractivity contribution in [3.8, 4) is 5.75 Å². The van der Waals surface area contributed by atoms with E-state index in [1.807, 2.05) is 25.1 Å². The lowest BCUT2D eigenvalue weighted by Crippen LogP contribution is -2.28. The summed E-state index contributed by atoms with van der Waals surface area (Å²) in [6.07, 6.45) is 0. The van der Waals surface area contributed by atoms with E-state index in [9.17, 15) is 4.79 Å². The van der Waals surface area contributed by atoms with Crippen LogP contribution >= 0.6 is 0 Å². The maximum Gasteiger partial charge on any atom is 0.257 e. The average molecular weight is 191 g/mol. The number of ether oxygens (including phenoxy) is 1. The summed E-state index contributed by atoms with van der Waals surface area (Å²) in [7, 11) is 1.80. The molecule has 0 unspecified atom stereocenters. The van der Waals surface area contributed by atoms with E-state index >= 15 is 0 Å². The Hall–Kier alpha value is -1.51. The molecule has 2 rings (SSSR count). The second-order valence-electron chi connectivity index (χ2n) is 3.52. The molecule has 0 saturated carbocycles. The van der Waals surface area contributed by atoms with Gasteiger partial charge in [-0.2, -0.15) is 0 Å². The van der Waals surface area contributed by atoms with Crippen molar-refractivity contribution in [2.45, 2.75) is 6.92 Å². The van der Waals surface area contributed by atoms with Crippen LogP contribution in [0.2, 0.25) is 0 Å². The van der Waals surface area contributed by atoms with Crippen molar-refractivity contribution in [2.24, 2.45) is 0 Å². The minimum Gasteiger partial charge on any atom is -0.491 e. The van der Waals surface area contributed by atoms with Crippen LogP contribution in [0.1, 0.15) is 15.9 Å². The van der Waals surface area contributed by atoms with Crippen LogP contribution in [-0.4, -0.2) is 31.0 Å². The van der Waals surface area contributed by atoms with Gasteiger partial charge in [0.25, 0.3) is 5.91 Å². The highest BCUT2D eigenvalue weighted by molar-refractivity contribution is 5.98. The molecule has 3 heteroatoms. The molecular weight excluding hydrogens is 178 g/mol. The molecule has 0 N–H and O–H groups in total. The summed E-state index contributed by atoms with van der Waals surface area (Å²) in [5.41, 5.74) is 1.67. The molecule has 1 aliphatic heterocycles. The maximum atomic E-state index is 11.9. The van der Waals surface area contributed by atoms with Crippen molar-refractivity contribution in [1.82, 2.24) is 4.90 Å². The monoisotopic (exact) mass is 191 g/mol. The van der Waals surface area contributed by atoms with E-state index in [0.717, 1.165) is 5.56 Å². The number of benzene rings is 1. The predicted molar refractivity (Wildman–Crippen MR) is 53.6 cm³/mol. The highest BCUT2D eigenvalue weighted by atomic mass is 16.5. The number of fused-ring (bicyclic) bond motifs is 1. The van der Waals surface area contributed by atoms with Gasteiger partial charge in [-0.1, -0.05) is 12.1 Å². The van der Waals surface area contributed by atoms with Crippen molar-refractivity contribution in [3.63, 3.8) is 0 Å². The molecule has 1 aromatic carbocycles. The highest BCUT2D eigenvalue weighted by Crippen LogP contribution is 2.25. The molecule has 0 fully saturated rings. The van der Waals surface area contributed by atoms with Crippen molar-refractivity contribution >= 4 is 5.91 Å². The lowest BCUT2D eigenvalue weighted by Gasteiger charge is -2.13. The third-order valence-corrected chi connectivity index (χ3v) is 2.48. The van der Waals surface area contributed by atoms with E-state index in [4.69, 9.17) is 4.74 Å². The van der Waals surface area contributed by atoms with Crippen LogP contribution in [0.15, 0.2) is 18.2 Å². The summed E-state index contributed by atoms with van der Waals surface area (Å²) in [6, 6.07) is 5.69. The molecule has 3 nitrogen and oxygen atoms in total. The van der Waals surface area contributed by atoms with E-state index < -0.39 is 0 Å². The lowest BCUT2D eigenvalue weighted by atomic mass is 10.1. The number of aryl methyl sites for hydroxylation is 1. The molecule has 0 aliphatic carbocycles. The predicted octanol–water partition coefficient (Wildman–Crippen LogP) is 1.46. The van der Waals surface area contributed by atoms with Gasteiger partial charge in [0.1, 0.15) is 12.4 Å². The molecule has 0 atom stereocenters. The summed E-state index contributed by atoms with van der Waals surface area (Å²) in [5, 5.41) is 0. The van der Waals surface area contributed by atoms with E-state index in [1.165, 1.54) is 0 Å². The van der Waals surface area contributed by atoms with Gasteiger partial charge in [0.15, 0.2) is 0 Å². The van der Waals surface area contributed by atoms with Crippen LogP contribution in [0.5, 0.6) is 5.75 Å². The standard InChI is InChI=1S/C11H13NO2/c1-8-4-3-5-9-10(8)11(13)12(2)6-7-14-9/h3-5H,6-7H2,1-2H3. The second-order valence-corrected chi connectivity index (χ2v) is 3.52. The third kappa shape index (κ3) is 1.35. The lowest BCUT2D eigenvalue weighted by molar-refractivity contribution is 0.0796. The number of hydrogen-bond acceptors (Lipinski definition) is 2. The fraction of sp³-hybridized carbons (Fsp3) is 0.364. The quantitative estimate of drug-likeness (QED) is 0.621. The summed E-state index contributed by atoms with van der Waals surface area (Å²) in [4.78, 5) is 13.6. The molecule has 0 bridgehead atoms. The number of amides is 1. The van der Waals surface area contributed by atoms with Crippen LogP contribution in [0.25, 0.3) is 0 Å². The minimum atomic E-state index is 0.0515. The summed E-state index contributed by atoms with van der Waals surface area (Å²) < 4.78 is 5.51.